The molecule has 5 nitrogen and oxygen atoms in total. The first-order valence-electron chi connectivity index (χ1n) is 8.31. The van der Waals surface area contributed by atoms with Crippen molar-refractivity contribution in [1.29, 1.82) is 0 Å². The highest BCUT2D eigenvalue weighted by atomic mass is 79.9. The fraction of sp³-hybridized carbons (Fsp3) is 0.316. The van der Waals surface area contributed by atoms with Crippen LogP contribution in [0.15, 0.2) is 46.9 Å². The van der Waals surface area contributed by atoms with Crippen LogP contribution in [0.3, 0.4) is 0 Å². The van der Waals surface area contributed by atoms with Gasteiger partial charge in [0.1, 0.15) is 5.75 Å². The first kappa shape index (κ1) is 18.5. The number of nitrogens with zero attached hydrogens (tertiary/aromatic N) is 2. The van der Waals surface area contributed by atoms with Gasteiger partial charge in [0, 0.05) is 36.3 Å². The summed E-state index contributed by atoms with van der Waals surface area (Å²) in [5.74, 6) is 0.275. The molecule has 0 atom stereocenters. The van der Waals surface area contributed by atoms with Crippen LogP contribution in [-0.2, 0) is 4.79 Å². The maximum absolute atomic E-state index is 13.7. The van der Waals surface area contributed by atoms with Gasteiger partial charge in [-0.05, 0) is 42.5 Å². The summed E-state index contributed by atoms with van der Waals surface area (Å²) >= 11 is 3.19. The number of hydrogen-bond acceptors (Lipinski definition) is 4. The lowest BCUT2D eigenvalue weighted by atomic mass is 10.2. The Morgan fingerprint density at radius 3 is 2.42 bits per heavy atom. The minimum Gasteiger partial charge on any atom is -0.497 e. The highest BCUT2D eigenvalue weighted by Crippen LogP contribution is 2.22. The second-order valence-electron chi connectivity index (χ2n) is 5.93. The van der Waals surface area contributed by atoms with Gasteiger partial charge in [-0.2, -0.15) is 0 Å². The van der Waals surface area contributed by atoms with Crippen molar-refractivity contribution in [3.63, 3.8) is 0 Å². The first-order valence-corrected chi connectivity index (χ1v) is 9.11. The number of rotatable bonds is 5. The molecule has 0 saturated carbocycles. The Labute approximate surface area is 160 Å². The van der Waals surface area contributed by atoms with E-state index in [4.69, 9.17) is 9.47 Å². The lowest BCUT2D eigenvalue weighted by Gasteiger charge is -2.36. The maximum Gasteiger partial charge on any atom is 0.260 e. The van der Waals surface area contributed by atoms with E-state index in [2.05, 4.69) is 20.8 Å². The van der Waals surface area contributed by atoms with E-state index in [9.17, 15) is 9.18 Å². The molecule has 1 amide bonds. The summed E-state index contributed by atoms with van der Waals surface area (Å²) in [6.45, 7) is 2.53. The zero-order chi connectivity index (χ0) is 18.5. The molecule has 0 N–H and O–H groups in total. The number of hydrogen-bond donors (Lipinski definition) is 0. The SMILES string of the molecule is COc1ccc(N2CCN(C(=O)COc3ccc(Br)cc3F)CC2)cc1. The highest BCUT2D eigenvalue weighted by Gasteiger charge is 2.22. The molecule has 0 radical (unpaired) electrons. The molecule has 1 fully saturated rings. The second-order valence-corrected chi connectivity index (χ2v) is 6.84. The van der Waals surface area contributed by atoms with Gasteiger partial charge in [0.05, 0.1) is 7.11 Å². The van der Waals surface area contributed by atoms with Gasteiger partial charge in [0.15, 0.2) is 18.2 Å². The van der Waals surface area contributed by atoms with Gasteiger partial charge in [-0.3, -0.25) is 4.79 Å². The lowest BCUT2D eigenvalue weighted by molar-refractivity contribution is -0.133. The Morgan fingerprint density at radius 1 is 1.12 bits per heavy atom. The van der Waals surface area contributed by atoms with E-state index in [0.717, 1.165) is 24.5 Å². The van der Waals surface area contributed by atoms with Crippen LogP contribution < -0.4 is 14.4 Å². The lowest BCUT2D eigenvalue weighted by Crippen LogP contribution is -2.50. The number of amides is 1. The van der Waals surface area contributed by atoms with Crippen LogP contribution in [0.2, 0.25) is 0 Å². The van der Waals surface area contributed by atoms with Gasteiger partial charge in [0.2, 0.25) is 0 Å². The summed E-state index contributed by atoms with van der Waals surface area (Å²) in [6.07, 6.45) is 0. The van der Waals surface area contributed by atoms with Gasteiger partial charge >= 0.3 is 0 Å². The van der Waals surface area contributed by atoms with Gasteiger partial charge in [0.25, 0.3) is 5.91 Å². The largest absolute Gasteiger partial charge is 0.497 e. The number of benzene rings is 2. The normalized spacial score (nSPS) is 14.3. The molecule has 0 unspecified atom stereocenters. The summed E-state index contributed by atoms with van der Waals surface area (Å²) in [5.41, 5.74) is 1.10. The number of carbonyl (C=O) groups is 1. The molecular formula is C19H20BrFN2O3. The zero-order valence-electron chi connectivity index (χ0n) is 14.5. The molecule has 2 aromatic rings. The number of carbonyl (C=O) groups excluding carboxylic acids is 1. The molecule has 1 aliphatic heterocycles. The van der Waals surface area contributed by atoms with Crippen LogP contribution in [0.5, 0.6) is 11.5 Å². The molecule has 1 saturated heterocycles. The number of halogens is 2. The molecule has 2 aromatic carbocycles. The molecule has 0 aromatic heterocycles. The van der Waals surface area contributed by atoms with Gasteiger partial charge in [-0.15, -0.1) is 0 Å². The predicted octanol–water partition coefficient (Wildman–Crippen LogP) is 3.32. The minimum absolute atomic E-state index is 0.0819. The summed E-state index contributed by atoms with van der Waals surface area (Å²) in [6, 6.07) is 12.4. The monoisotopic (exact) mass is 422 g/mol. The molecule has 138 valence electrons. The third-order valence-electron chi connectivity index (χ3n) is 4.32. The van der Waals surface area contributed by atoms with Crippen molar-refractivity contribution < 1.29 is 18.7 Å². The molecule has 0 bridgehead atoms. The van der Waals surface area contributed by atoms with Crippen molar-refractivity contribution >= 4 is 27.5 Å². The number of anilines is 1. The molecule has 1 aliphatic rings. The Morgan fingerprint density at radius 2 is 1.81 bits per heavy atom. The average molecular weight is 423 g/mol. The van der Waals surface area contributed by atoms with Crippen LogP contribution in [0.25, 0.3) is 0 Å². The van der Waals surface area contributed by atoms with Crippen molar-refractivity contribution in [2.24, 2.45) is 0 Å². The van der Waals surface area contributed by atoms with Crippen LogP contribution in [0.4, 0.5) is 10.1 Å². The third kappa shape index (κ3) is 4.46. The average Bonchev–Trinajstić information content (AvgIpc) is 2.67. The zero-order valence-corrected chi connectivity index (χ0v) is 16.0. The molecule has 0 aliphatic carbocycles. The molecule has 26 heavy (non-hydrogen) atoms. The van der Waals surface area contributed by atoms with Gasteiger partial charge in [-0.25, -0.2) is 4.39 Å². The Kier molecular flexibility index (Phi) is 5.98. The van der Waals surface area contributed by atoms with Crippen LogP contribution in [-0.4, -0.2) is 50.7 Å². The quantitative estimate of drug-likeness (QED) is 0.740. The van der Waals surface area contributed by atoms with E-state index >= 15 is 0 Å². The van der Waals surface area contributed by atoms with E-state index < -0.39 is 5.82 Å². The minimum atomic E-state index is -0.489. The predicted molar refractivity (Wildman–Crippen MR) is 101 cm³/mol. The second kappa shape index (κ2) is 8.40. The Bertz CT molecular complexity index is 762. The summed E-state index contributed by atoms with van der Waals surface area (Å²) in [5, 5.41) is 0. The van der Waals surface area contributed by atoms with E-state index in [1.54, 1.807) is 18.1 Å². The van der Waals surface area contributed by atoms with Gasteiger partial charge in [-0.1, -0.05) is 15.9 Å². The smallest absolute Gasteiger partial charge is 0.260 e. The molecule has 7 heteroatoms. The summed E-state index contributed by atoms with van der Waals surface area (Å²) < 4.78 is 24.9. The van der Waals surface area contributed by atoms with Crippen LogP contribution >= 0.6 is 15.9 Å². The van der Waals surface area contributed by atoms with Gasteiger partial charge < -0.3 is 19.3 Å². The Balaban J connectivity index is 1.50. The number of ether oxygens (including phenoxy) is 2. The van der Waals surface area contributed by atoms with E-state index in [-0.39, 0.29) is 18.3 Å². The first-order chi connectivity index (χ1) is 12.6. The Hall–Kier alpha value is -2.28. The van der Waals surface area contributed by atoms with Crippen LogP contribution in [0, 0.1) is 5.82 Å². The van der Waals surface area contributed by atoms with Crippen molar-refractivity contribution in [3.05, 3.63) is 52.8 Å². The standard InChI is InChI=1S/C19H20BrFN2O3/c1-25-16-5-3-15(4-6-16)22-8-10-23(11-9-22)19(24)13-26-18-7-2-14(20)12-17(18)21/h2-7,12H,8-11,13H2,1H3. The van der Waals surface area contributed by atoms with Crippen molar-refractivity contribution in [3.8, 4) is 11.5 Å². The van der Waals surface area contributed by atoms with E-state index in [1.807, 2.05) is 24.3 Å². The fourth-order valence-corrected chi connectivity index (χ4v) is 3.16. The topological polar surface area (TPSA) is 42.0 Å². The summed E-state index contributed by atoms with van der Waals surface area (Å²) in [4.78, 5) is 16.3. The van der Waals surface area contributed by atoms with Crippen molar-refractivity contribution in [1.82, 2.24) is 4.90 Å². The highest BCUT2D eigenvalue weighted by molar-refractivity contribution is 9.10. The molecule has 1 heterocycles. The van der Waals surface area contributed by atoms with Crippen molar-refractivity contribution in [2.75, 3.05) is 44.8 Å². The van der Waals surface area contributed by atoms with Crippen LogP contribution in [0.1, 0.15) is 0 Å². The summed E-state index contributed by atoms with van der Waals surface area (Å²) in [7, 11) is 1.64. The third-order valence-corrected chi connectivity index (χ3v) is 4.81. The number of piperazine rings is 1. The molecule has 3 rings (SSSR count). The molecular weight excluding hydrogens is 403 g/mol. The maximum atomic E-state index is 13.7. The molecule has 0 spiro atoms. The van der Waals surface area contributed by atoms with E-state index in [0.29, 0.717) is 17.6 Å². The number of methoxy groups -OCH3 is 1. The van der Waals surface area contributed by atoms with E-state index in [1.165, 1.54) is 12.1 Å². The fourth-order valence-electron chi connectivity index (χ4n) is 2.83. The van der Waals surface area contributed by atoms with Crippen molar-refractivity contribution in [2.45, 2.75) is 0 Å².